The average Bonchev–Trinajstić information content (AvgIpc) is 2.20. The zero-order chi connectivity index (χ0) is 12.5. The Morgan fingerprint density at radius 2 is 2.06 bits per heavy atom. The molecule has 0 unspecified atom stereocenters. The topological polar surface area (TPSA) is 72.5 Å². The molecule has 1 aromatic carbocycles. The second kappa shape index (κ2) is 4.43. The van der Waals surface area contributed by atoms with Crippen molar-refractivity contribution < 1.29 is 14.6 Å². The maximum absolute atomic E-state index is 11.1. The third kappa shape index (κ3) is 1.96. The minimum Gasteiger partial charge on any atom is -0.494 e. The van der Waals surface area contributed by atoms with Crippen LogP contribution < -0.4 is 10.5 Å². The van der Waals surface area contributed by atoms with E-state index in [1.807, 2.05) is 13.8 Å². The molecule has 0 aliphatic rings. The standard InChI is InChI=1S/C12H17NO3/c1-6(2)8-5-9(12(14)15)7(3)10(13)11(8)16-4/h5-6H,13H2,1-4H3,(H,14,15). The molecule has 0 atom stereocenters. The van der Waals surface area contributed by atoms with Gasteiger partial charge in [-0.15, -0.1) is 0 Å². The number of nitrogens with two attached hydrogens (primary N) is 1. The number of hydrogen-bond acceptors (Lipinski definition) is 3. The highest BCUT2D eigenvalue weighted by Crippen LogP contribution is 2.36. The third-order valence-electron chi connectivity index (χ3n) is 2.67. The van der Waals surface area contributed by atoms with Gasteiger partial charge in [0.1, 0.15) is 5.75 Å². The predicted octanol–water partition coefficient (Wildman–Crippen LogP) is 2.41. The first-order valence-corrected chi connectivity index (χ1v) is 5.10. The fourth-order valence-corrected chi connectivity index (χ4v) is 1.68. The molecule has 0 radical (unpaired) electrons. The molecule has 0 saturated heterocycles. The van der Waals surface area contributed by atoms with Gasteiger partial charge in [0.2, 0.25) is 0 Å². The Morgan fingerprint density at radius 1 is 1.50 bits per heavy atom. The van der Waals surface area contributed by atoms with Crippen molar-refractivity contribution in [1.29, 1.82) is 0 Å². The zero-order valence-corrected chi connectivity index (χ0v) is 10.00. The van der Waals surface area contributed by atoms with Crippen molar-refractivity contribution in [2.24, 2.45) is 0 Å². The van der Waals surface area contributed by atoms with Gasteiger partial charge in [0.15, 0.2) is 0 Å². The summed E-state index contributed by atoms with van der Waals surface area (Å²) in [6, 6.07) is 1.64. The number of benzene rings is 1. The van der Waals surface area contributed by atoms with Crippen molar-refractivity contribution in [2.45, 2.75) is 26.7 Å². The maximum atomic E-state index is 11.1. The molecule has 0 amide bonds. The van der Waals surface area contributed by atoms with E-state index in [2.05, 4.69) is 0 Å². The van der Waals surface area contributed by atoms with E-state index in [4.69, 9.17) is 15.6 Å². The van der Waals surface area contributed by atoms with Crippen molar-refractivity contribution in [3.8, 4) is 5.75 Å². The van der Waals surface area contributed by atoms with Crippen LogP contribution in [0, 0.1) is 6.92 Å². The molecular weight excluding hydrogens is 206 g/mol. The Kier molecular flexibility index (Phi) is 3.42. The number of carboxylic acid groups (broad SMARTS) is 1. The summed E-state index contributed by atoms with van der Waals surface area (Å²) in [5.74, 6) is -0.220. The Bertz CT molecular complexity index is 425. The van der Waals surface area contributed by atoms with Gasteiger partial charge in [-0.25, -0.2) is 4.79 Å². The van der Waals surface area contributed by atoms with Gasteiger partial charge in [-0.2, -0.15) is 0 Å². The minimum absolute atomic E-state index is 0.163. The van der Waals surface area contributed by atoms with Crippen LogP contribution in [0.3, 0.4) is 0 Å². The molecule has 0 bridgehead atoms. The Hall–Kier alpha value is -1.71. The molecular formula is C12H17NO3. The van der Waals surface area contributed by atoms with Crippen LogP contribution in [-0.4, -0.2) is 18.2 Å². The maximum Gasteiger partial charge on any atom is 0.336 e. The van der Waals surface area contributed by atoms with E-state index < -0.39 is 5.97 Å². The lowest BCUT2D eigenvalue weighted by Crippen LogP contribution is -2.08. The van der Waals surface area contributed by atoms with Crippen LogP contribution in [0.25, 0.3) is 0 Å². The van der Waals surface area contributed by atoms with Crippen LogP contribution >= 0.6 is 0 Å². The van der Waals surface area contributed by atoms with Crippen LogP contribution in [0.15, 0.2) is 6.07 Å². The molecule has 4 nitrogen and oxygen atoms in total. The molecule has 0 saturated carbocycles. The van der Waals surface area contributed by atoms with Gasteiger partial charge in [0, 0.05) is 0 Å². The molecule has 3 N–H and O–H groups in total. The van der Waals surface area contributed by atoms with Crippen molar-refractivity contribution in [1.82, 2.24) is 0 Å². The van der Waals surface area contributed by atoms with Crippen molar-refractivity contribution in [2.75, 3.05) is 12.8 Å². The van der Waals surface area contributed by atoms with E-state index in [0.29, 0.717) is 17.0 Å². The number of carbonyl (C=O) groups is 1. The third-order valence-corrected chi connectivity index (χ3v) is 2.67. The molecule has 0 spiro atoms. The molecule has 0 aromatic heterocycles. The van der Waals surface area contributed by atoms with Gasteiger partial charge in [0.25, 0.3) is 0 Å². The van der Waals surface area contributed by atoms with Gasteiger partial charge < -0.3 is 15.6 Å². The molecule has 0 aliphatic carbocycles. The molecule has 1 rings (SSSR count). The van der Waals surface area contributed by atoms with Gasteiger partial charge in [0.05, 0.1) is 18.4 Å². The summed E-state index contributed by atoms with van der Waals surface area (Å²) in [6.45, 7) is 5.63. The van der Waals surface area contributed by atoms with Crippen LogP contribution in [0.1, 0.15) is 41.3 Å². The number of hydrogen-bond donors (Lipinski definition) is 2. The summed E-state index contributed by atoms with van der Waals surface area (Å²) in [7, 11) is 1.54. The van der Waals surface area contributed by atoms with E-state index >= 15 is 0 Å². The fourth-order valence-electron chi connectivity index (χ4n) is 1.68. The second-order valence-corrected chi connectivity index (χ2v) is 4.05. The summed E-state index contributed by atoms with van der Waals surface area (Å²) >= 11 is 0. The number of nitrogen functional groups attached to an aromatic ring is 1. The highest BCUT2D eigenvalue weighted by atomic mass is 16.5. The van der Waals surface area contributed by atoms with E-state index in [0.717, 1.165) is 5.56 Å². The monoisotopic (exact) mass is 223 g/mol. The first-order chi connectivity index (χ1) is 7.40. The van der Waals surface area contributed by atoms with Gasteiger partial charge in [-0.1, -0.05) is 13.8 Å². The molecule has 88 valence electrons. The Balaban J connectivity index is 3.55. The lowest BCUT2D eigenvalue weighted by Gasteiger charge is -2.17. The number of anilines is 1. The molecule has 4 heteroatoms. The highest BCUT2D eigenvalue weighted by molar-refractivity contribution is 5.92. The predicted molar refractivity (Wildman–Crippen MR) is 63.2 cm³/mol. The summed E-state index contributed by atoms with van der Waals surface area (Å²) in [6.07, 6.45) is 0. The lowest BCUT2D eigenvalue weighted by atomic mass is 9.95. The SMILES string of the molecule is COc1c(C(C)C)cc(C(=O)O)c(C)c1N. The smallest absolute Gasteiger partial charge is 0.336 e. The van der Waals surface area contributed by atoms with E-state index in [-0.39, 0.29) is 11.5 Å². The first kappa shape index (κ1) is 12.4. The number of aromatic carboxylic acids is 1. The normalized spacial score (nSPS) is 10.6. The van der Waals surface area contributed by atoms with Gasteiger partial charge in [-0.05, 0) is 30.0 Å². The Morgan fingerprint density at radius 3 is 2.44 bits per heavy atom. The van der Waals surface area contributed by atoms with Gasteiger partial charge in [-0.3, -0.25) is 0 Å². The summed E-state index contributed by atoms with van der Waals surface area (Å²) in [5.41, 5.74) is 7.90. The summed E-state index contributed by atoms with van der Waals surface area (Å²) in [4.78, 5) is 11.1. The van der Waals surface area contributed by atoms with E-state index in [1.54, 1.807) is 13.0 Å². The highest BCUT2D eigenvalue weighted by Gasteiger charge is 2.19. The molecule has 0 heterocycles. The largest absolute Gasteiger partial charge is 0.494 e. The second-order valence-electron chi connectivity index (χ2n) is 4.05. The number of ether oxygens (including phenoxy) is 1. The zero-order valence-electron chi connectivity index (χ0n) is 10.00. The van der Waals surface area contributed by atoms with E-state index in [1.165, 1.54) is 7.11 Å². The lowest BCUT2D eigenvalue weighted by molar-refractivity contribution is 0.0696. The number of methoxy groups -OCH3 is 1. The molecule has 1 aromatic rings. The number of rotatable bonds is 3. The quantitative estimate of drug-likeness (QED) is 0.772. The van der Waals surface area contributed by atoms with Gasteiger partial charge >= 0.3 is 5.97 Å². The van der Waals surface area contributed by atoms with Crippen LogP contribution in [0.2, 0.25) is 0 Å². The molecule has 0 fully saturated rings. The van der Waals surface area contributed by atoms with Crippen LogP contribution in [0.4, 0.5) is 5.69 Å². The minimum atomic E-state index is -0.964. The van der Waals surface area contributed by atoms with Crippen molar-refractivity contribution >= 4 is 11.7 Å². The summed E-state index contributed by atoms with van der Waals surface area (Å²) < 4.78 is 5.24. The fraction of sp³-hybridized carbons (Fsp3) is 0.417. The first-order valence-electron chi connectivity index (χ1n) is 5.10. The Labute approximate surface area is 95.0 Å². The van der Waals surface area contributed by atoms with Crippen molar-refractivity contribution in [3.05, 3.63) is 22.8 Å². The van der Waals surface area contributed by atoms with Crippen LogP contribution in [0.5, 0.6) is 5.75 Å². The molecule has 0 aliphatic heterocycles. The summed E-state index contributed by atoms with van der Waals surface area (Å²) in [5, 5.41) is 9.06. The number of carboxylic acids is 1. The van der Waals surface area contributed by atoms with E-state index in [9.17, 15) is 4.79 Å². The van der Waals surface area contributed by atoms with Crippen LogP contribution in [-0.2, 0) is 0 Å². The van der Waals surface area contributed by atoms with Crippen molar-refractivity contribution in [3.63, 3.8) is 0 Å². The average molecular weight is 223 g/mol. The molecule has 16 heavy (non-hydrogen) atoms.